The van der Waals surface area contributed by atoms with E-state index in [1.807, 2.05) is 91.0 Å². The van der Waals surface area contributed by atoms with Crippen LogP contribution in [0.1, 0.15) is 16.7 Å². The third-order valence-electron chi connectivity index (χ3n) is 5.85. The number of benzene rings is 3. The lowest BCUT2D eigenvalue weighted by Crippen LogP contribution is -2.60. The highest BCUT2D eigenvalue weighted by Crippen LogP contribution is 2.31. The summed E-state index contributed by atoms with van der Waals surface area (Å²) in [6.45, 7) is 5.22. The second kappa shape index (κ2) is 12.6. The maximum Gasteiger partial charge on any atom is 0.186 e. The molecule has 0 saturated carbocycles. The Morgan fingerprint density at radius 3 is 1.47 bits per heavy atom. The van der Waals surface area contributed by atoms with E-state index >= 15 is 0 Å². The molecule has 0 radical (unpaired) electrons. The summed E-state index contributed by atoms with van der Waals surface area (Å²) in [6.07, 6.45) is -0.641. The summed E-state index contributed by atoms with van der Waals surface area (Å²) >= 11 is 0. The molecule has 5 atom stereocenters. The average Bonchev–Trinajstić information content (AvgIpc) is 2.91. The number of rotatable bonds is 11. The summed E-state index contributed by atoms with van der Waals surface area (Å²) in [5.41, 5.74) is 3.20. The third kappa shape index (κ3) is 6.41. The average molecular weight is 461 g/mol. The Morgan fingerprint density at radius 1 is 0.647 bits per heavy atom. The van der Waals surface area contributed by atoms with Gasteiger partial charge in [0, 0.05) is 7.11 Å². The van der Waals surface area contributed by atoms with E-state index in [-0.39, 0.29) is 0 Å². The van der Waals surface area contributed by atoms with Crippen LogP contribution < -0.4 is 0 Å². The van der Waals surface area contributed by atoms with Gasteiger partial charge in [-0.2, -0.15) is 0 Å². The zero-order valence-corrected chi connectivity index (χ0v) is 19.5. The zero-order valence-electron chi connectivity index (χ0n) is 19.5. The summed E-state index contributed by atoms with van der Waals surface area (Å²) in [7, 11) is 1.61. The molecule has 4 rings (SSSR count). The Balaban J connectivity index is 1.57. The number of hydrogen-bond acceptors (Lipinski definition) is 5. The lowest BCUT2D eigenvalue weighted by Gasteiger charge is -2.44. The standard InChI is InChI=1S/C29H32O5/c1-3-25-26(31-19-22-13-7-4-8-14-22)27(32-20-23-15-9-5-10-16-23)28(29(30-2)34-25)33-21-24-17-11-6-12-18-24/h3-18,25-29H,1,19-21H2,2H3/t25-,26+,27+,28-,29?/m1/s1. The minimum atomic E-state index is -0.621. The van der Waals surface area contributed by atoms with Crippen LogP contribution in [0.3, 0.4) is 0 Å². The summed E-state index contributed by atoms with van der Waals surface area (Å²) in [4.78, 5) is 0. The topological polar surface area (TPSA) is 46.2 Å². The number of methoxy groups -OCH3 is 1. The minimum absolute atomic E-state index is 0.407. The maximum absolute atomic E-state index is 6.48. The number of hydrogen-bond donors (Lipinski definition) is 0. The Bertz CT molecular complexity index is 979. The monoisotopic (exact) mass is 460 g/mol. The molecule has 0 aliphatic carbocycles. The maximum atomic E-state index is 6.48. The molecule has 0 amide bonds. The Kier molecular flexibility index (Phi) is 9.02. The highest BCUT2D eigenvalue weighted by Gasteiger charge is 2.47. The molecule has 1 heterocycles. The molecule has 34 heavy (non-hydrogen) atoms. The summed E-state index contributed by atoms with van der Waals surface area (Å²) in [6, 6.07) is 30.2. The van der Waals surface area contributed by atoms with E-state index in [9.17, 15) is 0 Å². The van der Waals surface area contributed by atoms with Crippen LogP contribution in [0.5, 0.6) is 0 Å². The van der Waals surface area contributed by atoms with Crippen molar-refractivity contribution in [2.45, 2.75) is 50.5 Å². The first kappa shape index (κ1) is 24.3. The van der Waals surface area contributed by atoms with Gasteiger partial charge < -0.3 is 23.7 Å². The van der Waals surface area contributed by atoms with Crippen molar-refractivity contribution in [1.82, 2.24) is 0 Å². The van der Waals surface area contributed by atoms with Gasteiger partial charge in [-0.05, 0) is 16.7 Å². The van der Waals surface area contributed by atoms with E-state index in [4.69, 9.17) is 23.7 Å². The first-order valence-electron chi connectivity index (χ1n) is 11.6. The fraction of sp³-hybridized carbons (Fsp3) is 0.310. The lowest BCUT2D eigenvalue weighted by molar-refractivity contribution is -0.309. The normalized spacial score (nSPS) is 24.6. The smallest absolute Gasteiger partial charge is 0.186 e. The van der Waals surface area contributed by atoms with Crippen LogP contribution in [0.4, 0.5) is 0 Å². The van der Waals surface area contributed by atoms with E-state index in [0.717, 1.165) is 16.7 Å². The molecule has 0 aromatic heterocycles. The second-order valence-corrected chi connectivity index (χ2v) is 8.22. The first-order valence-corrected chi connectivity index (χ1v) is 11.6. The van der Waals surface area contributed by atoms with E-state index in [1.165, 1.54) is 0 Å². The largest absolute Gasteiger partial charge is 0.368 e. The molecule has 1 fully saturated rings. The summed E-state index contributed by atoms with van der Waals surface area (Å²) in [5.74, 6) is 0. The predicted octanol–water partition coefficient (Wildman–Crippen LogP) is 5.30. The van der Waals surface area contributed by atoms with Gasteiger partial charge in [0.25, 0.3) is 0 Å². The molecule has 1 aliphatic heterocycles. The van der Waals surface area contributed by atoms with Crippen molar-refractivity contribution in [3.05, 3.63) is 120 Å². The third-order valence-corrected chi connectivity index (χ3v) is 5.85. The van der Waals surface area contributed by atoms with Gasteiger partial charge in [0.15, 0.2) is 6.29 Å². The summed E-state index contributed by atoms with van der Waals surface area (Å²) in [5, 5.41) is 0. The Hall–Kier alpha value is -2.80. The summed E-state index contributed by atoms with van der Waals surface area (Å²) < 4.78 is 31.1. The first-order chi connectivity index (χ1) is 16.8. The van der Waals surface area contributed by atoms with Gasteiger partial charge in [-0.25, -0.2) is 0 Å². The van der Waals surface area contributed by atoms with Gasteiger partial charge in [0.2, 0.25) is 0 Å². The fourth-order valence-corrected chi connectivity index (χ4v) is 4.07. The van der Waals surface area contributed by atoms with E-state index in [1.54, 1.807) is 13.2 Å². The molecule has 5 heteroatoms. The van der Waals surface area contributed by atoms with Crippen LogP contribution in [0, 0.1) is 0 Å². The zero-order chi connectivity index (χ0) is 23.6. The quantitative estimate of drug-likeness (QED) is 0.364. The lowest BCUT2D eigenvalue weighted by atomic mass is 9.97. The highest BCUT2D eigenvalue weighted by atomic mass is 16.7. The molecule has 1 aliphatic rings. The van der Waals surface area contributed by atoms with Gasteiger partial charge >= 0.3 is 0 Å². The molecular formula is C29H32O5. The molecule has 178 valence electrons. The van der Waals surface area contributed by atoms with E-state index in [2.05, 4.69) is 6.58 Å². The van der Waals surface area contributed by atoms with Crippen LogP contribution in [0.2, 0.25) is 0 Å². The van der Waals surface area contributed by atoms with Gasteiger partial charge in [-0.3, -0.25) is 0 Å². The molecular weight excluding hydrogens is 428 g/mol. The number of ether oxygens (including phenoxy) is 5. The van der Waals surface area contributed by atoms with Crippen LogP contribution in [0.15, 0.2) is 104 Å². The minimum Gasteiger partial charge on any atom is -0.368 e. The molecule has 0 N–H and O–H groups in total. The molecule has 0 spiro atoms. The highest BCUT2D eigenvalue weighted by molar-refractivity contribution is 5.16. The van der Waals surface area contributed by atoms with Crippen molar-refractivity contribution in [3.63, 3.8) is 0 Å². The van der Waals surface area contributed by atoms with Crippen LogP contribution in [0.25, 0.3) is 0 Å². The van der Waals surface area contributed by atoms with Crippen LogP contribution in [-0.2, 0) is 43.5 Å². The van der Waals surface area contributed by atoms with Crippen LogP contribution >= 0.6 is 0 Å². The molecule has 1 saturated heterocycles. The Morgan fingerprint density at radius 2 is 1.06 bits per heavy atom. The van der Waals surface area contributed by atoms with Crippen molar-refractivity contribution < 1.29 is 23.7 Å². The van der Waals surface area contributed by atoms with Gasteiger partial charge in [-0.1, -0.05) is 97.1 Å². The van der Waals surface area contributed by atoms with Crippen molar-refractivity contribution in [1.29, 1.82) is 0 Å². The van der Waals surface area contributed by atoms with Crippen molar-refractivity contribution >= 4 is 0 Å². The molecule has 3 aromatic carbocycles. The van der Waals surface area contributed by atoms with E-state index in [0.29, 0.717) is 19.8 Å². The van der Waals surface area contributed by atoms with E-state index < -0.39 is 30.7 Å². The molecule has 3 aromatic rings. The fourth-order valence-electron chi connectivity index (χ4n) is 4.07. The SMILES string of the molecule is C=C[C@H]1OC(OC)[C@H](OCc2ccccc2)[C@@H](OCc2ccccc2)[C@H]1OCc1ccccc1. The molecule has 5 nitrogen and oxygen atoms in total. The van der Waals surface area contributed by atoms with Crippen molar-refractivity contribution in [2.75, 3.05) is 7.11 Å². The van der Waals surface area contributed by atoms with Crippen LogP contribution in [-0.4, -0.2) is 37.8 Å². The van der Waals surface area contributed by atoms with Gasteiger partial charge in [-0.15, -0.1) is 6.58 Å². The Labute approximate surface area is 201 Å². The molecule has 1 unspecified atom stereocenters. The van der Waals surface area contributed by atoms with Gasteiger partial charge in [0.1, 0.15) is 24.4 Å². The second-order valence-electron chi connectivity index (χ2n) is 8.22. The molecule has 0 bridgehead atoms. The van der Waals surface area contributed by atoms with Crippen molar-refractivity contribution in [2.24, 2.45) is 0 Å². The predicted molar refractivity (Wildman–Crippen MR) is 131 cm³/mol. The van der Waals surface area contributed by atoms with Crippen molar-refractivity contribution in [3.8, 4) is 0 Å². The van der Waals surface area contributed by atoms with Gasteiger partial charge in [0.05, 0.1) is 19.8 Å².